The third-order valence-corrected chi connectivity index (χ3v) is 8.26. The van der Waals surface area contributed by atoms with E-state index in [4.69, 9.17) is 9.47 Å². The number of ether oxygens (including phenoxy) is 2. The molecule has 5 rings (SSSR count). The van der Waals surface area contributed by atoms with Gasteiger partial charge in [-0.3, -0.25) is 9.78 Å². The number of pyridine rings is 2. The first kappa shape index (κ1) is 24.6. The number of aryl methyl sites for hydroxylation is 2. The fourth-order valence-electron chi connectivity index (χ4n) is 5.27. The Morgan fingerprint density at radius 2 is 1.89 bits per heavy atom. The highest BCUT2D eigenvalue weighted by Gasteiger charge is 2.33. The molecule has 2 aliphatic heterocycles. The highest BCUT2D eigenvalue weighted by molar-refractivity contribution is 7.90. The molecule has 0 saturated carbocycles. The number of benzene rings is 1. The van der Waals surface area contributed by atoms with Crippen LogP contribution < -0.4 is 4.74 Å². The molecule has 0 spiro atoms. The molecule has 8 nitrogen and oxygen atoms in total. The van der Waals surface area contributed by atoms with E-state index >= 15 is 0 Å². The van der Waals surface area contributed by atoms with Crippen molar-refractivity contribution in [3.8, 4) is 16.9 Å². The van der Waals surface area contributed by atoms with Gasteiger partial charge in [0.15, 0.2) is 14.9 Å². The monoisotopic (exact) mass is 509 g/mol. The number of nitrogens with zero attached hydrogens (tertiary/aromatic N) is 3. The first-order valence-corrected chi connectivity index (χ1v) is 14.2. The molecule has 36 heavy (non-hydrogen) atoms. The van der Waals surface area contributed by atoms with Crippen molar-refractivity contribution in [2.75, 3.05) is 32.6 Å². The number of amides is 1. The van der Waals surface area contributed by atoms with Gasteiger partial charge in [0.05, 0.1) is 12.1 Å². The Labute approximate surface area is 211 Å². The molecule has 2 aromatic heterocycles. The molecular formula is C27H31N3O5S. The van der Waals surface area contributed by atoms with Crippen molar-refractivity contribution in [3.05, 3.63) is 47.8 Å². The summed E-state index contributed by atoms with van der Waals surface area (Å²) in [6, 6.07) is 7.64. The molecule has 9 heteroatoms. The van der Waals surface area contributed by atoms with E-state index in [1.807, 2.05) is 36.1 Å². The molecule has 0 unspecified atom stereocenters. The summed E-state index contributed by atoms with van der Waals surface area (Å²) in [5.74, 6) is 1.03. The van der Waals surface area contributed by atoms with Gasteiger partial charge >= 0.3 is 0 Å². The van der Waals surface area contributed by atoms with Gasteiger partial charge < -0.3 is 14.4 Å². The zero-order valence-electron chi connectivity index (χ0n) is 20.9. The van der Waals surface area contributed by atoms with E-state index in [1.54, 1.807) is 19.3 Å². The SMILES string of the molecule is Cc1cc(-c2ccnc3ccc(O[C@H]4CCN(C(=O)C5CCOCC5)C4)c(C)c23)cnc1S(C)(=O)=O. The molecule has 0 bridgehead atoms. The topological polar surface area (TPSA) is 98.7 Å². The number of fused-ring (bicyclic) bond motifs is 1. The number of likely N-dealkylation sites (tertiary alicyclic amines) is 1. The van der Waals surface area contributed by atoms with Gasteiger partial charge in [-0.15, -0.1) is 0 Å². The molecule has 3 aromatic rings. The van der Waals surface area contributed by atoms with E-state index in [9.17, 15) is 13.2 Å². The summed E-state index contributed by atoms with van der Waals surface area (Å²) >= 11 is 0. The maximum absolute atomic E-state index is 12.9. The van der Waals surface area contributed by atoms with E-state index in [-0.39, 0.29) is 23.0 Å². The van der Waals surface area contributed by atoms with Crippen molar-refractivity contribution in [1.29, 1.82) is 0 Å². The molecule has 1 aromatic carbocycles. The molecule has 0 radical (unpaired) electrons. The van der Waals surface area contributed by atoms with Crippen LogP contribution in [0.5, 0.6) is 5.75 Å². The Morgan fingerprint density at radius 3 is 2.61 bits per heavy atom. The van der Waals surface area contributed by atoms with Crippen LogP contribution in [0.2, 0.25) is 0 Å². The van der Waals surface area contributed by atoms with Gasteiger partial charge in [0, 0.05) is 67.3 Å². The largest absolute Gasteiger partial charge is 0.488 e. The minimum Gasteiger partial charge on any atom is -0.488 e. The van der Waals surface area contributed by atoms with Crippen LogP contribution in [0.3, 0.4) is 0 Å². The summed E-state index contributed by atoms with van der Waals surface area (Å²) in [6.45, 7) is 6.37. The van der Waals surface area contributed by atoms with Crippen LogP contribution in [0, 0.1) is 19.8 Å². The van der Waals surface area contributed by atoms with Gasteiger partial charge in [-0.25, -0.2) is 13.4 Å². The second kappa shape index (κ2) is 9.78. The molecule has 2 saturated heterocycles. The smallest absolute Gasteiger partial charge is 0.225 e. The van der Waals surface area contributed by atoms with Crippen molar-refractivity contribution in [2.45, 2.75) is 44.2 Å². The Hall–Kier alpha value is -3.04. The molecular weight excluding hydrogens is 478 g/mol. The van der Waals surface area contributed by atoms with Crippen LogP contribution >= 0.6 is 0 Å². The molecule has 0 aliphatic carbocycles. The number of hydrogen-bond acceptors (Lipinski definition) is 7. The van der Waals surface area contributed by atoms with Gasteiger partial charge in [0.25, 0.3) is 0 Å². The van der Waals surface area contributed by atoms with E-state index in [2.05, 4.69) is 9.97 Å². The summed E-state index contributed by atoms with van der Waals surface area (Å²) < 4.78 is 35.8. The average molecular weight is 510 g/mol. The number of sulfone groups is 1. The van der Waals surface area contributed by atoms with Gasteiger partial charge in [-0.05, 0) is 62.1 Å². The lowest BCUT2D eigenvalue weighted by Crippen LogP contribution is -2.38. The summed E-state index contributed by atoms with van der Waals surface area (Å²) in [4.78, 5) is 23.6. The third-order valence-electron chi connectivity index (χ3n) is 7.13. The normalized spacial score (nSPS) is 19.1. The van der Waals surface area contributed by atoms with Gasteiger partial charge in [-0.1, -0.05) is 0 Å². The molecule has 2 fully saturated rings. The number of aromatic nitrogens is 2. The van der Waals surface area contributed by atoms with E-state index in [0.29, 0.717) is 31.9 Å². The zero-order valence-corrected chi connectivity index (χ0v) is 21.7. The highest BCUT2D eigenvalue weighted by Crippen LogP contribution is 2.36. The van der Waals surface area contributed by atoms with Crippen LogP contribution in [0.1, 0.15) is 30.4 Å². The van der Waals surface area contributed by atoms with Crippen LogP contribution in [-0.4, -0.2) is 67.9 Å². The van der Waals surface area contributed by atoms with Crippen LogP contribution in [0.4, 0.5) is 0 Å². The van der Waals surface area contributed by atoms with Gasteiger partial charge in [0.2, 0.25) is 5.91 Å². The quantitative estimate of drug-likeness (QED) is 0.517. The van der Waals surface area contributed by atoms with Crippen LogP contribution in [-0.2, 0) is 19.4 Å². The predicted octanol–water partition coefficient (Wildman–Crippen LogP) is 3.72. The van der Waals surface area contributed by atoms with Crippen molar-refractivity contribution in [1.82, 2.24) is 14.9 Å². The fourth-order valence-corrected chi connectivity index (χ4v) is 6.16. The lowest BCUT2D eigenvalue weighted by molar-refractivity contribution is -0.137. The van der Waals surface area contributed by atoms with Crippen LogP contribution in [0.15, 0.2) is 41.7 Å². The summed E-state index contributed by atoms with van der Waals surface area (Å²) in [6.07, 6.45) is 6.82. The second-order valence-corrected chi connectivity index (χ2v) is 11.7. The fraction of sp³-hybridized carbons (Fsp3) is 0.444. The predicted molar refractivity (Wildman–Crippen MR) is 137 cm³/mol. The first-order chi connectivity index (χ1) is 17.2. The molecule has 1 atom stereocenters. The third kappa shape index (κ3) is 4.82. The van der Waals surface area contributed by atoms with Gasteiger partial charge in [0.1, 0.15) is 11.9 Å². The summed E-state index contributed by atoms with van der Waals surface area (Å²) in [5.41, 5.74) is 4.12. The van der Waals surface area contributed by atoms with E-state index in [1.165, 1.54) is 6.26 Å². The minimum absolute atomic E-state index is 0.0553. The highest BCUT2D eigenvalue weighted by atomic mass is 32.2. The summed E-state index contributed by atoms with van der Waals surface area (Å²) in [7, 11) is -3.40. The van der Waals surface area contributed by atoms with Gasteiger partial charge in [-0.2, -0.15) is 0 Å². The van der Waals surface area contributed by atoms with Crippen molar-refractivity contribution in [2.24, 2.45) is 5.92 Å². The second-order valence-electron chi connectivity index (χ2n) is 9.76. The zero-order chi connectivity index (χ0) is 25.4. The molecule has 4 heterocycles. The Morgan fingerprint density at radius 1 is 1.11 bits per heavy atom. The maximum atomic E-state index is 12.9. The number of carbonyl (C=O) groups excluding carboxylic acids is 1. The molecule has 0 N–H and O–H groups in total. The van der Waals surface area contributed by atoms with Crippen molar-refractivity contribution >= 4 is 26.6 Å². The Bertz CT molecular complexity index is 1420. The van der Waals surface area contributed by atoms with Crippen molar-refractivity contribution < 1.29 is 22.7 Å². The van der Waals surface area contributed by atoms with Crippen molar-refractivity contribution in [3.63, 3.8) is 0 Å². The van der Waals surface area contributed by atoms with E-state index in [0.717, 1.165) is 52.6 Å². The lowest BCUT2D eigenvalue weighted by atomic mass is 9.98. The Balaban J connectivity index is 1.41. The number of rotatable bonds is 5. The Kier molecular flexibility index (Phi) is 6.70. The first-order valence-electron chi connectivity index (χ1n) is 12.3. The lowest BCUT2D eigenvalue weighted by Gasteiger charge is -2.26. The molecule has 190 valence electrons. The average Bonchev–Trinajstić information content (AvgIpc) is 3.33. The molecule has 2 aliphatic rings. The number of carbonyl (C=O) groups is 1. The van der Waals surface area contributed by atoms with Crippen LogP contribution in [0.25, 0.3) is 22.0 Å². The standard InChI is InChI=1S/C27H31N3O5S/c1-17-14-20(15-29-26(17)36(3,32)33)22-6-10-28-23-4-5-24(18(2)25(22)23)35-21-7-11-30(16-21)27(31)19-8-12-34-13-9-19/h4-6,10,14-15,19,21H,7-9,11-13,16H2,1-3H3/t21-/m0/s1. The summed E-state index contributed by atoms with van der Waals surface area (Å²) in [5, 5.41) is 1.03. The number of hydrogen-bond donors (Lipinski definition) is 0. The minimum atomic E-state index is -3.40. The maximum Gasteiger partial charge on any atom is 0.225 e. The molecule has 1 amide bonds. The van der Waals surface area contributed by atoms with E-state index < -0.39 is 9.84 Å².